The molecule has 3 fully saturated rings. The SMILES string of the molecule is NCC1CCC(C(=O)N2CCCC3(C2)NC(=O)NC3=O)O1. The molecule has 0 radical (unpaired) electrons. The van der Waals surface area contributed by atoms with E-state index in [1.165, 1.54) is 0 Å². The van der Waals surface area contributed by atoms with Gasteiger partial charge >= 0.3 is 6.03 Å². The number of likely N-dealkylation sites (tertiary alicyclic amines) is 1. The fourth-order valence-corrected chi connectivity index (χ4v) is 3.32. The smallest absolute Gasteiger partial charge is 0.322 e. The number of rotatable bonds is 2. The minimum Gasteiger partial charge on any atom is -0.364 e. The normalized spacial score (nSPS) is 36.0. The molecule has 1 spiro atoms. The maximum absolute atomic E-state index is 12.5. The van der Waals surface area contributed by atoms with E-state index < -0.39 is 17.7 Å². The molecule has 0 aromatic carbocycles. The van der Waals surface area contributed by atoms with Crippen molar-refractivity contribution in [1.29, 1.82) is 0 Å². The minimum atomic E-state index is -0.975. The molecule has 8 heteroatoms. The lowest BCUT2D eigenvalue weighted by atomic mass is 9.89. The summed E-state index contributed by atoms with van der Waals surface area (Å²) < 4.78 is 5.62. The first-order valence-corrected chi connectivity index (χ1v) is 7.32. The van der Waals surface area contributed by atoms with E-state index in [1.807, 2.05) is 0 Å². The lowest BCUT2D eigenvalue weighted by Crippen LogP contribution is -2.60. The summed E-state index contributed by atoms with van der Waals surface area (Å²) in [6.07, 6.45) is 2.12. The molecule has 0 aromatic heterocycles. The quantitative estimate of drug-likeness (QED) is 0.548. The molecule has 3 rings (SSSR count). The minimum absolute atomic E-state index is 0.0628. The van der Waals surface area contributed by atoms with Crippen molar-refractivity contribution in [3.63, 3.8) is 0 Å². The van der Waals surface area contributed by atoms with Gasteiger partial charge in [0.2, 0.25) is 0 Å². The van der Waals surface area contributed by atoms with Crippen molar-refractivity contribution in [2.75, 3.05) is 19.6 Å². The predicted molar refractivity (Wildman–Crippen MR) is 72.2 cm³/mol. The molecule has 3 atom stereocenters. The summed E-state index contributed by atoms with van der Waals surface area (Å²) in [6.45, 7) is 1.19. The first kappa shape index (κ1) is 14.3. The van der Waals surface area contributed by atoms with Crippen LogP contribution in [0.15, 0.2) is 0 Å². The van der Waals surface area contributed by atoms with Gasteiger partial charge in [-0.1, -0.05) is 0 Å². The Morgan fingerprint density at radius 3 is 2.86 bits per heavy atom. The van der Waals surface area contributed by atoms with Gasteiger partial charge in [0.1, 0.15) is 11.6 Å². The Hall–Kier alpha value is -1.67. The molecule has 3 saturated heterocycles. The highest BCUT2D eigenvalue weighted by molar-refractivity contribution is 6.07. The summed E-state index contributed by atoms with van der Waals surface area (Å²) in [6, 6.07) is -0.491. The number of hydrogen-bond acceptors (Lipinski definition) is 5. The number of amides is 4. The third-order valence-corrected chi connectivity index (χ3v) is 4.46. The third kappa shape index (κ3) is 2.49. The van der Waals surface area contributed by atoms with Crippen LogP contribution in [0.4, 0.5) is 4.79 Å². The molecule has 3 aliphatic heterocycles. The zero-order valence-electron chi connectivity index (χ0n) is 11.8. The van der Waals surface area contributed by atoms with Crippen LogP contribution in [-0.2, 0) is 14.3 Å². The summed E-state index contributed by atoms with van der Waals surface area (Å²) in [5, 5.41) is 4.91. The Balaban J connectivity index is 1.68. The first-order valence-electron chi connectivity index (χ1n) is 7.32. The van der Waals surface area contributed by atoms with Crippen molar-refractivity contribution in [3.8, 4) is 0 Å². The molecule has 0 aromatic rings. The molecule has 8 nitrogen and oxygen atoms in total. The van der Waals surface area contributed by atoms with E-state index in [9.17, 15) is 14.4 Å². The number of urea groups is 1. The van der Waals surface area contributed by atoms with E-state index in [2.05, 4.69) is 10.6 Å². The van der Waals surface area contributed by atoms with Gasteiger partial charge in [-0.25, -0.2) is 4.79 Å². The van der Waals surface area contributed by atoms with E-state index in [0.29, 0.717) is 32.4 Å². The van der Waals surface area contributed by atoms with Crippen molar-refractivity contribution >= 4 is 17.8 Å². The summed E-state index contributed by atoms with van der Waals surface area (Å²) in [5.74, 6) is -0.462. The zero-order valence-corrected chi connectivity index (χ0v) is 11.8. The molecule has 4 amide bonds. The maximum atomic E-state index is 12.5. The molecule has 3 aliphatic rings. The molecule has 0 aliphatic carbocycles. The number of piperidine rings is 1. The van der Waals surface area contributed by atoms with E-state index in [4.69, 9.17) is 10.5 Å². The van der Waals surface area contributed by atoms with Crippen LogP contribution in [0.5, 0.6) is 0 Å². The van der Waals surface area contributed by atoms with Crippen molar-refractivity contribution in [1.82, 2.24) is 15.5 Å². The van der Waals surface area contributed by atoms with Crippen molar-refractivity contribution in [2.24, 2.45) is 5.73 Å². The number of nitrogens with zero attached hydrogens (tertiary/aromatic N) is 1. The summed E-state index contributed by atoms with van der Waals surface area (Å²) >= 11 is 0. The van der Waals surface area contributed by atoms with Gasteiger partial charge in [0, 0.05) is 13.1 Å². The second-order valence-electron chi connectivity index (χ2n) is 5.91. The van der Waals surface area contributed by atoms with Crippen LogP contribution in [-0.4, -0.2) is 60.1 Å². The number of carbonyl (C=O) groups excluding carboxylic acids is 3. The first-order chi connectivity index (χ1) is 10.0. The van der Waals surface area contributed by atoms with E-state index >= 15 is 0 Å². The Kier molecular flexibility index (Phi) is 3.58. The second-order valence-corrected chi connectivity index (χ2v) is 5.91. The standard InChI is InChI=1S/C13H20N4O4/c14-6-8-2-3-9(21-8)10(18)17-5-1-4-13(7-17)11(19)15-12(20)16-13/h8-9H,1-7,14H2,(H2,15,16,19,20). The summed E-state index contributed by atoms with van der Waals surface area (Å²) in [4.78, 5) is 37.5. The molecule has 3 heterocycles. The number of imide groups is 1. The maximum Gasteiger partial charge on any atom is 0.322 e. The van der Waals surface area contributed by atoms with E-state index in [1.54, 1.807) is 4.90 Å². The highest BCUT2D eigenvalue weighted by Gasteiger charge is 2.50. The third-order valence-electron chi connectivity index (χ3n) is 4.46. The van der Waals surface area contributed by atoms with Gasteiger partial charge in [-0.2, -0.15) is 0 Å². The molecule has 4 N–H and O–H groups in total. The van der Waals surface area contributed by atoms with Gasteiger partial charge in [0.15, 0.2) is 0 Å². The van der Waals surface area contributed by atoms with Crippen molar-refractivity contribution in [3.05, 3.63) is 0 Å². The number of carbonyl (C=O) groups is 3. The fraction of sp³-hybridized carbons (Fsp3) is 0.769. The van der Waals surface area contributed by atoms with Crippen LogP contribution in [0, 0.1) is 0 Å². The highest BCUT2D eigenvalue weighted by atomic mass is 16.5. The molecular formula is C13H20N4O4. The Bertz CT molecular complexity index is 483. The van der Waals surface area contributed by atoms with E-state index in [0.717, 1.165) is 6.42 Å². The lowest BCUT2D eigenvalue weighted by Gasteiger charge is -2.38. The van der Waals surface area contributed by atoms with Gasteiger partial charge in [-0.15, -0.1) is 0 Å². The van der Waals surface area contributed by atoms with Gasteiger partial charge in [0.25, 0.3) is 11.8 Å². The van der Waals surface area contributed by atoms with Crippen molar-refractivity contribution < 1.29 is 19.1 Å². The van der Waals surface area contributed by atoms with Crippen molar-refractivity contribution in [2.45, 2.75) is 43.4 Å². The average Bonchev–Trinajstić information content (AvgIpc) is 3.04. The van der Waals surface area contributed by atoms with Crippen LogP contribution in [0.3, 0.4) is 0 Å². The Morgan fingerprint density at radius 1 is 1.43 bits per heavy atom. The number of nitrogens with two attached hydrogens (primary N) is 1. The van der Waals surface area contributed by atoms with Gasteiger partial charge in [0.05, 0.1) is 12.6 Å². The lowest BCUT2D eigenvalue weighted by molar-refractivity contribution is -0.146. The Labute approximate surface area is 122 Å². The highest BCUT2D eigenvalue weighted by Crippen LogP contribution is 2.27. The van der Waals surface area contributed by atoms with Gasteiger partial charge < -0.3 is 20.7 Å². The fourth-order valence-electron chi connectivity index (χ4n) is 3.32. The number of hydrogen-bond donors (Lipinski definition) is 3. The van der Waals surface area contributed by atoms with Crippen LogP contribution >= 0.6 is 0 Å². The summed E-state index contributed by atoms with van der Waals surface area (Å²) in [5.41, 5.74) is 4.58. The molecule has 0 saturated carbocycles. The number of nitrogens with one attached hydrogen (secondary N) is 2. The zero-order chi connectivity index (χ0) is 15.0. The monoisotopic (exact) mass is 296 g/mol. The second kappa shape index (κ2) is 5.27. The van der Waals surface area contributed by atoms with Gasteiger partial charge in [-0.05, 0) is 25.7 Å². The van der Waals surface area contributed by atoms with Crippen LogP contribution in [0.25, 0.3) is 0 Å². The summed E-state index contributed by atoms with van der Waals surface area (Å²) in [7, 11) is 0. The van der Waals surface area contributed by atoms with Crippen LogP contribution in [0.1, 0.15) is 25.7 Å². The largest absolute Gasteiger partial charge is 0.364 e. The molecule has 3 unspecified atom stereocenters. The van der Waals surface area contributed by atoms with E-state index in [-0.39, 0.29) is 24.5 Å². The molecule has 116 valence electrons. The van der Waals surface area contributed by atoms with Crippen LogP contribution in [0.2, 0.25) is 0 Å². The van der Waals surface area contributed by atoms with Gasteiger partial charge in [-0.3, -0.25) is 14.9 Å². The molecule has 0 bridgehead atoms. The number of ether oxygens (including phenoxy) is 1. The van der Waals surface area contributed by atoms with Crippen LogP contribution < -0.4 is 16.4 Å². The molecular weight excluding hydrogens is 276 g/mol. The predicted octanol–water partition coefficient (Wildman–Crippen LogP) is -1.31. The Morgan fingerprint density at radius 2 is 2.24 bits per heavy atom. The topological polar surface area (TPSA) is 114 Å². The molecule has 21 heavy (non-hydrogen) atoms. The average molecular weight is 296 g/mol.